The monoisotopic (exact) mass is 419 g/mol. The van der Waals surface area contributed by atoms with Gasteiger partial charge < -0.3 is 10.1 Å². The van der Waals surface area contributed by atoms with Crippen molar-refractivity contribution in [3.05, 3.63) is 121 Å². The molecular weight excluding hydrogens is 398 g/mol. The molecule has 1 amide bonds. The standard InChI is InChI=1S/C27H21N3O2/c31-27(19-14-21-8-7-13-26(20-21)32-25-11-5-2-6-12-25)28-22-15-17-24(18-16-22)30-29-23-9-3-1-4-10-23/h1-20H,(H,28,31). The van der Waals surface area contributed by atoms with Gasteiger partial charge in [-0.25, -0.2) is 0 Å². The molecule has 0 radical (unpaired) electrons. The molecule has 4 rings (SSSR count). The number of nitrogens with one attached hydrogen (secondary N) is 1. The third-order valence-corrected chi connectivity index (χ3v) is 4.44. The van der Waals surface area contributed by atoms with Crippen LogP contribution in [0.4, 0.5) is 17.1 Å². The highest BCUT2D eigenvalue weighted by Crippen LogP contribution is 2.23. The Bertz CT molecular complexity index is 1220. The highest BCUT2D eigenvalue weighted by atomic mass is 16.5. The summed E-state index contributed by atoms with van der Waals surface area (Å²) in [7, 11) is 0. The number of ether oxygens (including phenoxy) is 1. The second kappa shape index (κ2) is 10.5. The Morgan fingerprint density at radius 2 is 1.31 bits per heavy atom. The van der Waals surface area contributed by atoms with Crippen molar-refractivity contribution in [3.8, 4) is 11.5 Å². The lowest BCUT2D eigenvalue weighted by Crippen LogP contribution is -2.07. The Kier molecular flexibility index (Phi) is 6.81. The number of hydrogen-bond donors (Lipinski definition) is 1. The Hall–Kier alpha value is -4.51. The average molecular weight is 419 g/mol. The first-order valence-electron chi connectivity index (χ1n) is 10.1. The minimum Gasteiger partial charge on any atom is -0.457 e. The molecule has 0 aliphatic carbocycles. The van der Waals surface area contributed by atoms with Gasteiger partial charge in [0.1, 0.15) is 11.5 Å². The van der Waals surface area contributed by atoms with Gasteiger partial charge in [-0.3, -0.25) is 4.79 Å². The Balaban J connectivity index is 1.33. The van der Waals surface area contributed by atoms with Crippen molar-refractivity contribution in [1.29, 1.82) is 0 Å². The van der Waals surface area contributed by atoms with Crippen LogP contribution in [0.25, 0.3) is 6.08 Å². The smallest absolute Gasteiger partial charge is 0.248 e. The quantitative estimate of drug-likeness (QED) is 0.248. The van der Waals surface area contributed by atoms with E-state index in [0.717, 1.165) is 17.0 Å². The fourth-order valence-corrected chi connectivity index (χ4v) is 2.88. The lowest BCUT2D eigenvalue weighted by molar-refractivity contribution is -0.111. The van der Waals surface area contributed by atoms with E-state index in [-0.39, 0.29) is 5.91 Å². The maximum absolute atomic E-state index is 12.3. The van der Waals surface area contributed by atoms with Crippen LogP contribution >= 0.6 is 0 Å². The van der Waals surface area contributed by atoms with Crippen molar-refractivity contribution >= 4 is 29.0 Å². The molecule has 4 aromatic carbocycles. The van der Waals surface area contributed by atoms with Crippen molar-refractivity contribution in [1.82, 2.24) is 0 Å². The molecule has 0 saturated heterocycles. The van der Waals surface area contributed by atoms with Gasteiger partial charge in [0.15, 0.2) is 0 Å². The summed E-state index contributed by atoms with van der Waals surface area (Å²) in [5, 5.41) is 11.2. The van der Waals surface area contributed by atoms with Crippen LogP contribution in [0.1, 0.15) is 5.56 Å². The van der Waals surface area contributed by atoms with Gasteiger partial charge in [0.25, 0.3) is 0 Å². The molecular formula is C27H21N3O2. The molecule has 4 aromatic rings. The van der Waals surface area contributed by atoms with Crippen LogP contribution in [0.15, 0.2) is 125 Å². The number of amides is 1. The summed E-state index contributed by atoms with van der Waals surface area (Å²) in [4.78, 5) is 12.3. The Morgan fingerprint density at radius 1 is 0.688 bits per heavy atom. The minimum absolute atomic E-state index is 0.224. The number of para-hydroxylation sites is 1. The van der Waals surface area contributed by atoms with Crippen LogP contribution in [-0.4, -0.2) is 5.91 Å². The van der Waals surface area contributed by atoms with Gasteiger partial charge in [-0.15, -0.1) is 0 Å². The molecule has 156 valence electrons. The van der Waals surface area contributed by atoms with E-state index in [9.17, 15) is 4.79 Å². The molecule has 0 aliphatic heterocycles. The first-order chi connectivity index (χ1) is 15.7. The molecule has 5 heteroatoms. The second-order valence-corrected chi connectivity index (χ2v) is 6.89. The van der Waals surface area contributed by atoms with E-state index >= 15 is 0 Å². The number of azo groups is 1. The van der Waals surface area contributed by atoms with Crippen LogP contribution in [0.5, 0.6) is 11.5 Å². The molecule has 0 atom stereocenters. The van der Waals surface area contributed by atoms with E-state index in [4.69, 9.17) is 4.74 Å². The van der Waals surface area contributed by atoms with Crippen LogP contribution < -0.4 is 10.1 Å². The SMILES string of the molecule is O=C(C=Cc1cccc(Oc2ccccc2)c1)Nc1ccc(N=Nc2ccccc2)cc1. The number of anilines is 1. The molecule has 0 bridgehead atoms. The number of carbonyl (C=O) groups is 1. The lowest BCUT2D eigenvalue weighted by atomic mass is 10.2. The Labute approximate surface area is 186 Å². The molecule has 32 heavy (non-hydrogen) atoms. The van der Waals surface area contributed by atoms with Crippen molar-refractivity contribution in [2.24, 2.45) is 10.2 Å². The second-order valence-electron chi connectivity index (χ2n) is 6.89. The van der Waals surface area contributed by atoms with Crippen molar-refractivity contribution in [2.45, 2.75) is 0 Å². The molecule has 0 fully saturated rings. The van der Waals surface area contributed by atoms with Crippen LogP contribution in [0.2, 0.25) is 0 Å². The number of rotatable bonds is 7. The van der Waals surface area contributed by atoms with Gasteiger partial charge >= 0.3 is 0 Å². The van der Waals surface area contributed by atoms with Crippen molar-refractivity contribution in [3.63, 3.8) is 0 Å². The van der Waals surface area contributed by atoms with Gasteiger partial charge in [-0.1, -0.05) is 48.5 Å². The predicted octanol–water partition coefficient (Wildman–Crippen LogP) is 7.55. The number of carbonyl (C=O) groups excluding carboxylic acids is 1. The van der Waals surface area contributed by atoms with E-state index < -0.39 is 0 Å². The fraction of sp³-hybridized carbons (Fsp3) is 0. The molecule has 0 aromatic heterocycles. The normalized spacial score (nSPS) is 11.0. The van der Waals surface area contributed by atoms with Crippen molar-refractivity contribution in [2.75, 3.05) is 5.32 Å². The summed E-state index contributed by atoms with van der Waals surface area (Å²) in [5.74, 6) is 1.25. The molecule has 0 saturated carbocycles. The number of hydrogen-bond acceptors (Lipinski definition) is 4. The van der Waals surface area contributed by atoms with Crippen LogP contribution in [0.3, 0.4) is 0 Å². The first-order valence-corrected chi connectivity index (χ1v) is 10.1. The third-order valence-electron chi connectivity index (χ3n) is 4.44. The molecule has 1 N–H and O–H groups in total. The van der Waals surface area contributed by atoms with E-state index in [1.54, 1.807) is 30.3 Å². The van der Waals surface area contributed by atoms with Gasteiger partial charge in [-0.2, -0.15) is 10.2 Å². The summed E-state index contributed by atoms with van der Waals surface area (Å²) < 4.78 is 5.83. The van der Waals surface area contributed by atoms with Gasteiger partial charge in [0.2, 0.25) is 5.91 Å². The topological polar surface area (TPSA) is 63.0 Å². The first kappa shape index (κ1) is 20.8. The summed E-state index contributed by atoms with van der Waals surface area (Å²) in [6, 6.07) is 33.8. The molecule has 0 heterocycles. The van der Waals surface area contributed by atoms with Gasteiger partial charge in [-0.05, 0) is 72.3 Å². The van der Waals surface area contributed by atoms with E-state index in [1.807, 2.05) is 84.9 Å². The molecule has 0 spiro atoms. The summed E-state index contributed by atoms with van der Waals surface area (Å²) >= 11 is 0. The average Bonchev–Trinajstić information content (AvgIpc) is 2.84. The maximum atomic E-state index is 12.3. The van der Waals surface area contributed by atoms with E-state index in [0.29, 0.717) is 17.1 Å². The maximum Gasteiger partial charge on any atom is 0.248 e. The van der Waals surface area contributed by atoms with Crippen LogP contribution in [-0.2, 0) is 4.79 Å². The number of benzene rings is 4. The highest BCUT2D eigenvalue weighted by Gasteiger charge is 2.00. The summed E-state index contributed by atoms with van der Waals surface area (Å²) in [5.41, 5.74) is 3.04. The molecule has 0 unspecified atom stereocenters. The fourth-order valence-electron chi connectivity index (χ4n) is 2.88. The van der Waals surface area contributed by atoms with E-state index in [2.05, 4.69) is 15.5 Å². The largest absolute Gasteiger partial charge is 0.457 e. The van der Waals surface area contributed by atoms with Crippen LogP contribution in [0, 0.1) is 0 Å². The van der Waals surface area contributed by atoms with Gasteiger partial charge in [0, 0.05) is 11.8 Å². The zero-order valence-corrected chi connectivity index (χ0v) is 17.3. The van der Waals surface area contributed by atoms with Gasteiger partial charge in [0.05, 0.1) is 11.4 Å². The number of nitrogens with zero attached hydrogens (tertiary/aromatic N) is 2. The Morgan fingerprint density at radius 3 is 2.03 bits per heavy atom. The minimum atomic E-state index is -0.224. The molecule has 5 nitrogen and oxygen atoms in total. The highest BCUT2D eigenvalue weighted by molar-refractivity contribution is 6.02. The predicted molar refractivity (Wildman–Crippen MR) is 128 cm³/mol. The summed E-state index contributed by atoms with van der Waals surface area (Å²) in [6.07, 6.45) is 3.24. The van der Waals surface area contributed by atoms with Crippen molar-refractivity contribution < 1.29 is 9.53 Å². The zero-order chi connectivity index (χ0) is 22.0. The van der Waals surface area contributed by atoms with E-state index in [1.165, 1.54) is 6.08 Å². The lowest BCUT2D eigenvalue weighted by Gasteiger charge is -2.06. The third kappa shape index (κ3) is 6.24. The zero-order valence-electron chi connectivity index (χ0n) is 17.3. The summed E-state index contributed by atoms with van der Waals surface area (Å²) in [6.45, 7) is 0. The molecule has 0 aliphatic rings.